The monoisotopic (exact) mass is 406 g/mol. The SMILES string of the molecule is CCOc1ccc(S(=O)(=O)N(C)CC(=O)Nc2ccc3c(c2)OCCO3)cc1. The van der Waals surface area contributed by atoms with Crippen LogP contribution in [0.4, 0.5) is 5.69 Å². The van der Waals surface area contributed by atoms with Gasteiger partial charge in [-0.25, -0.2) is 8.42 Å². The maximum absolute atomic E-state index is 12.6. The van der Waals surface area contributed by atoms with Gasteiger partial charge in [0.25, 0.3) is 0 Å². The van der Waals surface area contributed by atoms with Gasteiger partial charge in [-0.15, -0.1) is 0 Å². The van der Waals surface area contributed by atoms with Crippen molar-refractivity contribution in [1.29, 1.82) is 0 Å². The van der Waals surface area contributed by atoms with Crippen molar-refractivity contribution < 1.29 is 27.4 Å². The van der Waals surface area contributed by atoms with Crippen molar-refractivity contribution in [3.63, 3.8) is 0 Å². The lowest BCUT2D eigenvalue weighted by molar-refractivity contribution is -0.116. The van der Waals surface area contributed by atoms with E-state index in [-0.39, 0.29) is 11.4 Å². The average molecular weight is 406 g/mol. The van der Waals surface area contributed by atoms with Crippen molar-refractivity contribution in [3.8, 4) is 17.2 Å². The third-order valence-corrected chi connectivity index (χ3v) is 5.85. The second-order valence-electron chi connectivity index (χ2n) is 6.07. The Bertz CT molecular complexity index is 943. The zero-order chi connectivity index (χ0) is 20.1. The number of amides is 1. The second-order valence-corrected chi connectivity index (χ2v) is 8.12. The molecular weight excluding hydrogens is 384 g/mol. The lowest BCUT2D eigenvalue weighted by Crippen LogP contribution is -2.35. The molecule has 3 rings (SSSR count). The number of benzene rings is 2. The molecule has 0 saturated carbocycles. The maximum Gasteiger partial charge on any atom is 0.243 e. The number of hydrogen-bond donors (Lipinski definition) is 1. The predicted molar refractivity (Wildman–Crippen MR) is 103 cm³/mol. The van der Waals surface area contributed by atoms with E-state index in [1.807, 2.05) is 6.92 Å². The van der Waals surface area contributed by atoms with Gasteiger partial charge in [0.05, 0.1) is 18.0 Å². The Hall–Kier alpha value is -2.78. The van der Waals surface area contributed by atoms with Crippen molar-refractivity contribution in [2.45, 2.75) is 11.8 Å². The first-order chi connectivity index (χ1) is 13.4. The summed E-state index contributed by atoms with van der Waals surface area (Å²) in [7, 11) is -2.44. The summed E-state index contributed by atoms with van der Waals surface area (Å²) in [6.07, 6.45) is 0. The standard InChI is InChI=1S/C19H22N2O6S/c1-3-25-15-5-7-16(8-6-15)28(23,24)21(2)13-19(22)20-14-4-9-17-18(12-14)27-11-10-26-17/h4-9,12H,3,10-11,13H2,1-2H3,(H,20,22). The number of fused-ring (bicyclic) bond motifs is 1. The van der Waals surface area contributed by atoms with E-state index in [1.165, 1.54) is 19.2 Å². The Kier molecular flexibility index (Phi) is 6.05. The smallest absolute Gasteiger partial charge is 0.243 e. The normalized spacial score (nSPS) is 13.2. The number of nitrogens with one attached hydrogen (secondary N) is 1. The molecule has 1 amide bonds. The molecule has 0 aliphatic carbocycles. The van der Waals surface area contributed by atoms with E-state index in [0.717, 1.165) is 4.31 Å². The molecule has 0 saturated heterocycles. The maximum atomic E-state index is 12.6. The molecule has 1 aliphatic rings. The molecule has 0 radical (unpaired) electrons. The van der Waals surface area contributed by atoms with Crippen LogP contribution in [0.25, 0.3) is 0 Å². The van der Waals surface area contributed by atoms with E-state index in [2.05, 4.69) is 5.32 Å². The van der Waals surface area contributed by atoms with Gasteiger partial charge >= 0.3 is 0 Å². The summed E-state index contributed by atoms with van der Waals surface area (Å²) in [5.41, 5.74) is 0.501. The van der Waals surface area contributed by atoms with Crippen LogP contribution in [0.3, 0.4) is 0 Å². The van der Waals surface area contributed by atoms with Gasteiger partial charge in [-0.1, -0.05) is 0 Å². The Balaban J connectivity index is 1.64. The van der Waals surface area contributed by atoms with Gasteiger partial charge in [0, 0.05) is 18.8 Å². The van der Waals surface area contributed by atoms with Crippen molar-refractivity contribution in [2.24, 2.45) is 0 Å². The van der Waals surface area contributed by atoms with E-state index in [0.29, 0.717) is 42.8 Å². The van der Waals surface area contributed by atoms with Crippen molar-refractivity contribution in [1.82, 2.24) is 4.31 Å². The van der Waals surface area contributed by atoms with E-state index in [4.69, 9.17) is 14.2 Å². The van der Waals surface area contributed by atoms with Gasteiger partial charge in [0.15, 0.2) is 11.5 Å². The summed E-state index contributed by atoms with van der Waals surface area (Å²) >= 11 is 0. The zero-order valence-electron chi connectivity index (χ0n) is 15.7. The molecule has 28 heavy (non-hydrogen) atoms. The van der Waals surface area contributed by atoms with E-state index in [1.54, 1.807) is 30.3 Å². The molecule has 0 atom stereocenters. The first-order valence-electron chi connectivity index (χ1n) is 8.79. The Morgan fingerprint density at radius 1 is 1.11 bits per heavy atom. The summed E-state index contributed by atoms with van der Waals surface area (Å²) < 4.78 is 42.5. The number of carbonyl (C=O) groups excluding carboxylic acids is 1. The van der Waals surface area contributed by atoms with Gasteiger partial charge in [-0.2, -0.15) is 4.31 Å². The quantitative estimate of drug-likeness (QED) is 0.757. The van der Waals surface area contributed by atoms with Crippen LogP contribution in [0.1, 0.15) is 6.92 Å². The van der Waals surface area contributed by atoms with Gasteiger partial charge < -0.3 is 19.5 Å². The molecule has 2 aromatic carbocycles. The molecule has 9 heteroatoms. The molecule has 0 aromatic heterocycles. The molecule has 8 nitrogen and oxygen atoms in total. The fraction of sp³-hybridized carbons (Fsp3) is 0.316. The molecule has 0 fully saturated rings. The van der Waals surface area contributed by atoms with Crippen molar-refractivity contribution in [3.05, 3.63) is 42.5 Å². The zero-order valence-corrected chi connectivity index (χ0v) is 16.5. The first kappa shape index (κ1) is 20.0. The molecule has 150 valence electrons. The van der Waals surface area contributed by atoms with E-state index >= 15 is 0 Å². The largest absolute Gasteiger partial charge is 0.494 e. The van der Waals surface area contributed by atoms with Crippen LogP contribution >= 0.6 is 0 Å². The Morgan fingerprint density at radius 3 is 2.46 bits per heavy atom. The molecule has 1 N–H and O–H groups in total. The second kappa shape index (κ2) is 8.49. The summed E-state index contributed by atoms with van der Waals surface area (Å²) in [6, 6.07) is 11.1. The van der Waals surface area contributed by atoms with Crippen LogP contribution in [-0.2, 0) is 14.8 Å². The summed E-state index contributed by atoms with van der Waals surface area (Å²) in [6.45, 7) is 2.93. The third kappa shape index (κ3) is 4.55. The molecule has 1 aliphatic heterocycles. The van der Waals surface area contributed by atoms with Gasteiger partial charge in [-0.3, -0.25) is 4.79 Å². The Labute approximate surface area is 164 Å². The number of anilines is 1. The van der Waals surface area contributed by atoms with Gasteiger partial charge in [0.1, 0.15) is 19.0 Å². The van der Waals surface area contributed by atoms with Crippen LogP contribution in [0.5, 0.6) is 17.2 Å². The molecule has 1 heterocycles. The van der Waals surface area contributed by atoms with Crippen molar-refractivity contribution in [2.75, 3.05) is 38.7 Å². The number of hydrogen-bond acceptors (Lipinski definition) is 6. The highest BCUT2D eigenvalue weighted by atomic mass is 32.2. The average Bonchev–Trinajstić information content (AvgIpc) is 2.68. The number of nitrogens with zero attached hydrogens (tertiary/aromatic N) is 1. The summed E-state index contributed by atoms with van der Waals surface area (Å²) in [4.78, 5) is 12.4. The molecule has 2 aromatic rings. The fourth-order valence-electron chi connectivity index (χ4n) is 2.66. The minimum Gasteiger partial charge on any atom is -0.494 e. The van der Waals surface area contributed by atoms with Crippen LogP contribution in [0, 0.1) is 0 Å². The Morgan fingerprint density at radius 2 is 1.79 bits per heavy atom. The topological polar surface area (TPSA) is 94.2 Å². The minimum atomic E-state index is -3.80. The number of ether oxygens (including phenoxy) is 3. The lowest BCUT2D eigenvalue weighted by Gasteiger charge is -2.20. The van der Waals surface area contributed by atoms with Crippen LogP contribution in [0.2, 0.25) is 0 Å². The number of carbonyl (C=O) groups is 1. The third-order valence-electron chi connectivity index (χ3n) is 4.04. The lowest BCUT2D eigenvalue weighted by atomic mass is 10.2. The number of sulfonamides is 1. The molecule has 0 unspecified atom stereocenters. The molecule has 0 spiro atoms. The predicted octanol–water partition coefficient (Wildman–Crippen LogP) is 2.12. The van der Waals surface area contributed by atoms with E-state index in [9.17, 15) is 13.2 Å². The van der Waals surface area contributed by atoms with Crippen molar-refractivity contribution >= 4 is 21.6 Å². The minimum absolute atomic E-state index is 0.0885. The number of rotatable bonds is 7. The highest BCUT2D eigenvalue weighted by Gasteiger charge is 2.23. The number of likely N-dealkylation sites (N-methyl/N-ethyl adjacent to an activating group) is 1. The van der Waals surface area contributed by atoms with E-state index < -0.39 is 15.9 Å². The summed E-state index contributed by atoms with van der Waals surface area (Å²) in [5.74, 6) is 1.27. The first-order valence-corrected chi connectivity index (χ1v) is 10.2. The fourth-order valence-corrected chi connectivity index (χ4v) is 3.79. The molecule has 0 bridgehead atoms. The van der Waals surface area contributed by atoms with Gasteiger partial charge in [-0.05, 0) is 43.3 Å². The van der Waals surface area contributed by atoms with Crippen LogP contribution in [-0.4, -0.2) is 52.0 Å². The van der Waals surface area contributed by atoms with Crippen LogP contribution in [0.15, 0.2) is 47.4 Å². The van der Waals surface area contributed by atoms with Gasteiger partial charge in [0.2, 0.25) is 15.9 Å². The molecular formula is C19H22N2O6S. The highest BCUT2D eigenvalue weighted by Crippen LogP contribution is 2.32. The van der Waals surface area contributed by atoms with Crippen LogP contribution < -0.4 is 19.5 Å². The summed E-state index contributed by atoms with van der Waals surface area (Å²) in [5, 5.41) is 2.67. The highest BCUT2D eigenvalue weighted by molar-refractivity contribution is 7.89.